The Morgan fingerprint density at radius 3 is 2.12 bits per heavy atom. The van der Waals surface area contributed by atoms with Crippen LogP contribution in [0.1, 0.15) is 10.4 Å². The van der Waals surface area contributed by atoms with Crippen molar-refractivity contribution in [2.24, 2.45) is 0 Å². The molecule has 25 heavy (non-hydrogen) atoms. The van der Waals surface area contributed by atoms with Gasteiger partial charge in [-0.1, -0.05) is 0 Å². The summed E-state index contributed by atoms with van der Waals surface area (Å²) in [7, 11) is 0.562. The minimum Gasteiger partial charge on any atom is -0.319 e. The summed E-state index contributed by atoms with van der Waals surface area (Å²) >= 11 is 0. The number of nitrogens with zero attached hydrogens (tertiary/aromatic N) is 2. The van der Waals surface area contributed by atoms with Gasteiger partial charge in [0.25, 0.3) is 5.91 Å². The molecular weight excluding hydrogens is 352 g/mol. The van der Waals surface area contributed by atoms with Gasteiger partial charge in [-0.15, -0.1) is 0 Å². The van der Waals surface area contributed by atoms with Gasteiger partial charge in [0.2, 0.25) is 0 Å². The average Bonchev–Trinajstić information content (AvgIpc) is 2.56. The van der Waals surface area contributed by atoms with Crippen LogP contribution < -0.4 is 9.62 Å². The van der Waals surface area contributed by atoms with Crippen LogP contribution in [0.3, 0.4) is 0 Å². The van der Waals surface area contributed by atoms with E-state index in [1.807, 2.05) is 0 Å². The molecule has 9 heteroatoms. The fraction of sp³-hybridized carbons (Fsp3) is 0.188. The molecule has 0 aliphatic heterocycles. The average molecular weight is 369 g/mol. The highest BCUT2D eigenvalue weighted by molar-refractivity contribution is 7.90. The number of amides is 1. The standard InChI is InChI=1S/C16H17F2N3O3S/c1-20(2)25(23,24)21(3)13-7-4-11(5-8-13)16(22)19-15-9-6-12(17)10-14(15)18/h4-10H,1-3H3,(H,19,22). The number of nitrogens with one attached hydrogen (secondary N) is 1. The van der Waals surface area contributed by atoms with Crippen molar-refractivity contribution in [3.63, 3.8) is 0 Å². The van der Waals surface area contributed by atoms with E-state index in [1.54, 1.807) is 0 Å². The molecular formula is C16H17F2N3O3S. The molecule has 2 rings (SSSR count). The second kappa shape index (κ2) is 7.16. The van der Waals surface area contributed by atoms with Gasteiger partial charge < -0.3 is 5.32 Å². The lowest BCUT2D eigenvalue weighted by Gasteiger charge is -2.23. The summed E-state index contributed by atoms with van der Waals surface area (Å²) in [6, 6.07) is 8.55. The maximum Gasteiger partial charge on any atom is 0.303 e. The van der Waals surface area contributed by atoms with E-state index in [4.69, 9.17) is 0 Å². The molecule has 1 N–H and O–H groups in total. The summed E-state index contributed by atoms with van der Waals surface area (Å²) in [5.74, 6) is -2.23. The third-order valence-corrected chi connectivity index (χ3v) is 5.31. The van der Waals surface area contributed by atoms with E-state index in [0.29, 0.717) is 11.8 Å². The molecule has 134 valence electrons. The zero-order chi connectivity index (χ0) is 18.8. The number of benzene rings is 2. The second-order valence-corrected chi connectivity index (χ2v) is 7.56. The van der Waals surface area contributed by atoms with E-state index in [9.17, 15) is 22.0 Å². The molecule has 0 atom stereocenters. The van der Waals surface area contributed by atoms with Crippen LogP contribution in [-0.4, -0.2) is 39.8 Å². The highest BCUT2D eigenvalue weighted by Gasteiger charge is 2.21. The number of carbonyl (C=O) groups excluding carboxylic acids is 1. The lowest BCUT2D eigenvalue weighted by Crippen LogP contribution is -2.37. The summed E-state index contributed by atoms with van der Waals surface area (Å²) < 4.78 is 52.7. The molecule has 2 aromatic carbocycles. The van der Waals surface area contributed by atoms with E-state index >= 15 is 0 Å². The zero-order valence-electron chi connectivity index (χ0n) is 13.8. The van der Waals surface area contributed by atoms with Crippen molar-refractivity contribution >= 4 is 27.5 Å². The summed E-state index contributed by atoms with van der Waals surface area (Å²) in [6.07, 6.45) is 0. The molecule has 0 heterocycles. The number of halogens is 2. The molecule has 0 unspecified atom stereocenters. The highest BCUT2D eigenvalue weighted by Crippen LogP contribution is 2.20. The lowest BCUT2D eigenvalue weighted by atomic mass is 10.2. The number of carbonyl (C=O) groups is 1. The smallest absolute Gasteiger partial charge is 0.303 e. The molecule has 0 aliphatic rings. The van der Waals surface area contributed by atoms with E-state index in [0.717, 1.165) is 20.7 Å². The number of anilines is 2. The van der Waals surface area contributed by atoms with Crippen LogP contribution in [0.15, 0.2) is 42.5 Å². The van der Waals surface area contributed by atoms with Crippen molar-refractivity contribution in [2.75, 3.05) is 30.8 Å². The van der Waals surface area contributed by atoms with Crippen LogP contribution in [0, 0.1) is 11.6 Å². The van der Waals surface area contributed by atoms with Gasteiger partial charge in [-0.05, 0) is 36.4 Å². The first-order valence-corrected chi connectivity index (χ1v) is 8.55. The first kappa shape index (κ1) is 18.8. The molecule has 0 aliphatic carbocycles. The molecule has 0 aromatic heterocycles. The molecule has 2 aromatic rings. The minimum atomic E-state index is -3.64. The van der Waals surface area contributed by atoms with Crippen LogP contribution in [-0.2, 0) is 10.2 Å². The monoisotopic (exact) mass is 369 g/mol. The van der Waals surface area contributed by atoms with E-state index in [2.05, 4.69) is 5.32 Å². The Morgan fingerprint density at radius 2 is 1.60 bits per heavy atom. The Morgan fingerprint density at radius 1 is 1.00 bits per heavy atom. The van der Waals surface area contributed by atoms with Crippen LogP contribution in [0.5, 0.6) is 0 Å². The van der Waals surface area contributed by atoms with Crippen LogP contribution >= 0.6 is 0 Å². The minimum absolute atomic E-state index is 0.150. The molecule has 0 saturated carbocycles. The predicted molar refractivity (Wildman–Crippen MR) is 91.8 cm³/mol. The van der Waals surface area contributed by atoms with Crippen molar-refractivity contribution in [3.05, 3.63) is 59.7 Å². The predicted octanol–water partition coefficient (Wildman–Crippen LogP) is 2.46. The topological polar surface area (TPSA) is 69.7 Å². The van der Waals surface area contributed by atoms with Gasteiger partial charge in [-0.3, -0.25) is 9.10 Å². The van der Waals surface area contributed by atoms with Gasteiger partial charge in [0.1, 0.15) is 11.6 Å². The normalized spacial score (nSPS) is 11.4. The third-order valence-electron chi connectivity index (χ3n) is 3.48. The Hall–Kier alpha value is -2.52. The van der Waals surface area contributed by atoms with Crippen LogP contribution in [0.2, 0.25) is 0 Å². The van der Waals surface area contributed by atoms with Crippen molar-refractivity contribution in [1.82, 2.24) is 4.31 Å². The van der Waals surface area contributed by atoms with Crippen molar-refractivity contribution < 1.29 is 22.0 Å². The van der Waals surface area contributed by atoms with Crippen molar-refractivity contribution in [3.8, 4) is 0 Å². The van der Waals surface area contributed by atoms with Crippen molar-refractivity contribution in [2.45, 2.75) is 0 Å². The Kier molecular flexibility index (Phi) is 5.39. The van der Waals surface area contributed by atoms with Gasteiger partial charge in [0.05, 0.1) is 11.4 Å². The molecule has 0 saturated heterocycles. The van der Waals surface area contributed by atoms with E-state index < -0.39 is 27.8 Å². The van der Waals surface area contributed by atoms with E-state index in [1.165, 1.54) is 45.4 Å². The summed E-state index contributed by atoms with van der Waals surface area (Å²) in [4.78, 5) is 12.1. The molecule has 6 nitrogen and oxygen atoms in total. The lowest BCUT2D eigenvalue weighted by molar-refractivity contribution is 0.102. The number of hydrogen-bond acceptors (Lipinski definition) is 3. The van der Waals surface area contributed by atoms with Crippen LogP contribution in [0.4, 0.5) is 20.2 Å². The molecule has 0 fully saturated rings. The van der Waals surface area contributed by atoms with Gasteiger partial charge in [-0.25, -0.2) is 8.78 Å². The Labute approximate surface area is 144 Å². The summed E-state index contributed by atoms with van der Waals surface area (Å²) in [5, 5.41) is 2.33. The van der Waals surface area contributed by atoms with Gasteiger partial charge in [0.15, 0.2) is 0 Å². The zero-order valence-corrected chi connectivity index (χ0v) is 14.6. The number of rotatable bonds is 5. The van der Waals surface area contributed by atoms with E-state index in [-0.39, 0.29) is 11.3 Å². The maximum absolute atomic E-state index is 13.6. The SMILES string of the molecule is CN(C)S(=O)(=O)N(C)c1ccc(C(=O)Nc2ccc(F)cc2F)cc1. The summed E-state index contributed by atoms with van der Waals surface area (Å²) in [6.45, 7) is 0. The van der Waals surface area contributed by atoms with Gasteiger partial charge >= 0.3 is 10.2 Å². The molecule has 0 spiro atoms. The Bertz CT molecular complexity index is 884. The van der Waals surface area contributed by atoms with Crippen LogP contribution in [0.25, 0.3) is 0 Å². The maximum atomic E-state index is 13.6. The van der Waals surface area contributed by atoms with Crippen molar-refractivity contribution in [1.29, 1.82) is 0 Å². The van der Waals surface area contributed by atoms with Gasteiger partial charge in [0, 0.05) is 32.8 Å². The fourth-order valence-corrected chi connectivity index (χ4v) is 2.86. The third kappa shape index (κ3) is 4.12. The fourth-order valence-electron chi connectivity index (χ4n) is 1.99. The van der Waals surface area contributed by atoms with Gasteiger partial charge in [-0.2, -0.15) is 12.7 Å². The number of hydrogen-bond donors (Lipinski definition) is 1. The second-order valence-electron chi connectivity index (χ2n) is 5.38. The summed E-state index contributed by atoms with van der Waals surface area (Å²) in [5.41, 5.74) is 0.407. The first-order chi connectivity index (χ1) is 11.6. The molecule has 0 bridgehead atoms. The molecule has 0 radical (unpaired) electrons. The highest BCUT2D eigenvalue weighted by atomic mass is 32.2. The first-order valence-electron chi connectivity index (χ1n) is 7.16. The molecule has 1 amide bonds. The Balaban J connectivity index is 2.18. The quantitative estimate of drug-likeness (QED) is 0.880. The largest absolute Gasteiger partial charge is 0.319 e.